The standard InChI is InChI=1S/C22H37N3O4/c1-22(2,3)29-21(28)25-13-7-10-18(25)20(27)24-14-11-17(12-15-24)23-19(26)16-8-5-4-6-9-16/h16-18H,4-15H2,1-3H3,(H,23,26)/t18-/m0/s1. The Labute approximate surface area is 174 Å². The molecular formula is C22H37N3O4. The molecule has 0 aromatic heterocycles. The second kappa shape index (κ2) is 9.35. The molecule has 3 amide bonds. The molecule has 1 saturated carbocycles. The smallest absolute Gasteiger partial charge is 0.410 e. The Balaban J connectivity index is 1.47. The normalized spacial score (nSPS) is 24.4. The van der Waals surface area contributed by atoms with E-state index in [0.29, 0.717) is 26.1 Å². The van der Waals surface area contributed by atoms with Gasteiger partial charge in [-0.2, -0.15) is 0 Å². The van der Waals surface area contributed by atoms with Crippen LogP contribution < -0.4 is 5.32 Å². The van der Waals surface area contributed by atoms with Crippen molar-refractivity contribution < 1.29 is 19.1 Å². The molecule has 2 aliphatic heterocycles. The number of hydrogen-bond acceptors (Lipinski definition) is 4. The number of carbonyl (C=O) groups is 3. The highest BCUT2D eigenvalue weighted by molar-refractivity contribution is 5.86. The fourth-order valence-corrected chi connectivity index (χ4v) is 4.70. The highest BCUT2D eigenvalue weighted by atomic mass is 16.6. The van der Waals surface area contributed by atoms with Gasteiger partial charge in [0.2, 0.25) is 11.8 Å². The van der Waals surface area contributed by atoms with Crippen molar-refractivity contribution in [3.05, 3.63) is 0 Å². The minimum absolute atomic E-state index is 0.0189. The first-order valence-corrected chi connectivity index (χ1v) is 11.3. The third-order valence-corrected chi connectivity index (χ3v) is 6.29. The van der Waals surface area contributed by atoms with Crippen LogP contribution in [0.15, 0.2) is 0 Å². The third-order valence-electron chi connectivity index (χ3n) is 6.29. The van der Waals surface area contributed by atoms with Crippen LogP contribution in [0.25, 0.3) is 0 Å². The Kier molecular flexibility index (Phi) is 7.06. The van der Waals surface area contributed by atoms with Crippen LogP contribution >= 0.6 is 0 Å². The van der Waals surface area contributed by atoms with Gasteiger partial charge in [0.05, 0.1) is 0 Å². The predicted molar refractivity (Wildman–Crippen MR) is 110 cm³/mol. The molecule has 1 N–H and O–H groups in total. The highest BCUT2D eigenvalue weighted by Crippen LogP contribution is 2.26. The number of carbonyl (C=O) groups excluding carboxylic acids is 3. The Hall–Kier alpha value is -1.79. The first-order chi connectivity index (χ1) is 13.7. The van der Waals surface area contributed by atoms with Gasteiger partial charge in [0.25, 0.3) is 0 Å². The molecule has 2 saturated heterocycles. The Morgan fingerprint density at radius 3 is 2.14 bits per heavy atom. The first-order valence-electron chi connectivity index (χ1n) is 11.3. The molecule has 0 radical (unpaired) electrons. The predicted octanol–water partition coefficient (Wildman–Crippen LogP) is 3.07. The molecule has 0 aromatic carbocycles. The van der Waals surface area contributed by atoms with E-state index in [1.807, 2.05) is 25.7 Å². The van der Waals surface area contributed by atoms with E-state index in [4.69, 9.17) is 4.74 Å². The lowest BCUT2D eigenvalue weighted by Gasteiger charge is -2.36. The lowest BCUT2D eigenvalue weighted by atomic mass is 9.88. The second-order valence-corrected chi connectivity index (χ2v) is 9.77. The number of piperidine rings is 1. The van der Waals surface area contributed by atoms with Crippen molar-refractivity contribution in [3.8, 4) is 0 Å². The topological polar surface area (TPSA) is 79.0 Å². The second-order valence-electron chi connectivity index (χ2n) is 9.77. The molecule has 0 spiro atoms. The van der Waals surface area contributed by atoms with Gasteiger partial charge in [0, 0.05) is 31.6 Å². The summed E-state index contributed by atoms with van der Waals surface area (Å²) in [6.45, 7) is 7.35. The molecule has 2 heterocycles. The van der Waals surface area contributed by atoms with Crippen molar-refractivity contribution in [2.75, 3.05) is 19.6 Å². The van der Waals surface area contributed by atoms with Gasteiger partial charge in [-0.3, -0.25) is 14.5 Å². The molecule has 29 heavy (non-hydrogen) atoms. The SMILES string of the molecule is CC(C)(C)OC(=O)N1CCC[C@H]1C(=O)N1CCC(NC(=O)C2CCCCC2)CC1. The van der Waals surface area contributed by atoms with Crippen molar-refractivity contribution in [1.29, 1.82) is 0 Å². The molecule has 3 rings (SSSR count). The van der Waals surface area contributed by atoms with Crippen LogP contribution in [0, 0.1) is 5.92 Å². The maximum Gasteiger partial charge on any atom is 0.410 e. The molecule has 3 aliphatic rings. The van der Waals surface area contributed by atoms with Gasteiger partial charge in [0.15, 0.2) is 0 Å². The summed E-state index contributed by atoms with van der Waals surface area (Å²) < 4.78 is 5.48. The van der Waals surface area contributed by atoms with Crippen molar-refractivity contribution in [3.63, 3.8) is 0 Å². The Bertz CT molecular complexity index is 602. The van der Waals surface area contributed by atoms with E-state index in [2.05, 4.69) is 5.32 Å². The summed E-state index contributed by atoms with van der Waals surface area (Å²) in [5.41, 5.74) is -0.567. The van der Waals surface area contributed by atoms with Gasteiger partial charge in [0.1, 0.15) is 11.6 Å². The highest BCUT2D eigenvalue weighted by Gasteiger charge is 2.39. The maximum atomic E-state index is 13.0. The average Bonchev–Trinajstić information content (AvgIpc) is 3.17. The molecule has 0 unspecified atom stereocenters. The van der Waals surface area contributed by atoms with Gasteiger partial charge < -0.3 is 15.0 Å². The summed E-state index contributed by atoms with van der Waals surface area (Å²) in [4.78, 5) is 41.4. The summed E-state index contributed by atoms with van der Waals surface area (Å²) in [6.07, 6.45) is 8.24. The molecular weight excluding hydrogens is 370 g/mol. The van der Waals surface area contributed by atoms with Crippen LogP contribution in [0.1, 0.15) is 78.6 Å². The molecule has 7 nitrogen and oxygen atoms in total. The van der Waals surface area contributed by atoms with E-state index < -0.39 is 17.7 Å². The van der Waals surface area contributed by atoms with Crippen LogP contribution in [-0.4, -0.2) is 65.0 Å². The number of nitrogens with zero attached hydrogens (tertiary/aromatic N) is 2. The van der Waals surface area contributed by atoms with Crippen molar-refractivity contribution >= 4 is 17.9 Å². The van der Waals surface area contributed by atoms with Gasteiger partial charge >= 0.3 is 6.09 Å². The van der Waals surface area contributed by atoms with Crippen LogP contribution in [0.2, 0.25) is 0 Å². The number of hydrogen-bond donors (Lipinski definition) is 1. The van der Waals surface area contributed by atoms with Crippen LogP contribution in [0.5, 0.6) is 0 Å². The number of ether oxygens (including phenoxy) is 1. The van der Waals surface area contributed by atoms with Crippen molar-refractivity contribution in [2.45, 2.75) is 96.2 Å². The average molecular weight is 408 g/mol. The Morgan fingerprint density at radius 1 is 0.862 bits per heavy atom. The molecule has 7 heteroatoms. The Morgan fingerprint density at radius 2 is 1.52 bits per heavy atom. The van der Waals surface area contributed by atoms with Crippen LogP contribution in [-0.2, 0) is 14.3 Å². The lowest BCUT2D eigenvalue weighted by Crippen LogP contribution is -2.53. The van der Waals surface area contributed by atoms with Gasteiger partial charge in [-0.25, -0.2) is 4.79 Å². The van der Waals surface area contributed by atoms with Crippen molar-refractivity contribution in [2.24, 2.45) is 5.92 Å². The van der Waals surface area contributed by atoms with E-state index in [1.54, 1.807) is 4.90 Å². The minimum Gasteiger partial charge on any atom is -0.444 e. The largest absolute Gasteiger partial charge is 0.444 e. The molecule has 0 bridgehead atoms. The lowest BCUT2D eigenvalue weighted by molar-refractivity contribution is -0.137. The third kappa shape index (κ3) is 5.86. The molecule has 164 valence electrons. The number of rotatable bonds is 3. The quantitative estimate of drug-likeness (QED) is 0.780. The molecule has 1 atom stereocenters. The maximum absolute atomic E-state index is 13.0. The van der Waals surface area contributed by atoms with E-state index in [-0.39, 0.29) is 23.8 Å². The van der Waals surface area contributed by atoms with Crippen LogP contribution in [0.4, 0.5) is 4.79 Å². The monoisotopic (exact) mass is 407 g/mol. The molecule has 1 aliphatic carbocycles. The minimum atomic E-state index is -0.567. The summed E-state index contributed by atoms with van der Waals surface area (Å²) in [5.74, 6) is 0.385. The molecule has 0 aromatic rings. The number of nitrogens with one attached hydrogen (secondary N) is 1. The number of amides is 3. The van der Waals surface area contributed by atoms with E-state index in [0.717, 1.165) is 44.9 Å². The summed E-state index contributed by atoms with van der Waals surface area (Å²) in [5, 5.41) is 3.21. The van der Waals surface area contributed by atoms with E-state index in [1.165, 1.54) is 6.42 Å². The molecule has 3 fully saturated rings. The zero-order valence-electron chi connectivity index (χ0n) is 18.2. The fourth-order valence-electron chi connectivity index (χ4n) is 4.70. The number of likely N-dealkylation sites (tertiary alicyclic amines) is 2. The van der Waals surface area contributed by atoms with Crippen molar-refractivity contribution in [1.82, 2.24) is 15.1 Å². The summed E-state index contributed by atoms with van der Waals surface area (Å²) >= 11 is 0. The zero-order chi connectivity index (χ0) is 21.0. The zero-order valence-corrected chi connectivity index (χ0v) is 18.2. The van der Waals surface area contributed by atoms with Crippen LogP contribution in [0.3, 0.4) is 0 Å². The van der Waals surface area contributed by atoms with Gasteiger partial charge in [-0.15, -0.1) is 0 Å². The van der Waals surface area contributed by atoms with E-state index in [9.17, 15) is 14.4 Å². The summed E-state index contributed by atoms with van der Waals surface area (Å²) in [7, 11) is 0. The first kappa shape index (κ1) is 21.9. The fraction of sp³-hybridized carbons (Fsp3) is 0.864. The van der Waals surface area contributed by atoms with E-state index >= 15 is 0 Å². The summed E-state index contributed by atoms with van der Waals surface area (Å²) in [6, 6.07) is -0.266. The van der Waals surface area contributed by atoms with Gasteiger partial charge in [-0.1, -0.05) is 19.3 Å². The van der Waals surface area contributed by atoms with Gasteiger partial charge in [-0.05, 0) is 59.3 Å².